The van der Waals surface area contributed by atoms with Gasteiger partial charge >= 0.3 is 0 Å². The van der Waals surface area contributed by atoms with Crippen molar-refractivity contribution < 1.29 is 4.74 Å². The number of nitriles is 1. The topological polar surface area (TPSA) is 68.7 Å². The molecule has 160 valence electrons. The molecule has 0 saturated carbocycles. The molecule has 0 amide bonds. The fourth-order valence-corrected chi connectivity index (χ4v) is 3.87. The summed E-state index contributed by atoms with van der Waals surface area (Å²) in [5.74, 6) is 1.39. The van der Waals surface area contributed by atoms with Crippen molar-refractivity contribution in [3.05, 3.63) is 96.4 Å². The number of methoxy groups -OCH3 is 1. The molecule has 0 radical (unpaired) electrons. The predicted molar refractivity (Wildman–Crippen MR) is 130 cm³/mol. The zero-order chi connectivity index (χ0) is 22.8. The second-order valence-corrected chi connectivity index (χ2v) is 7.59. The van der Waals surface area contributed by atoms with Gasteiger partial charge in [-0.2, -0.15) is 10.4 Å². The number of fused-ring (bicyclic) bond motifs is 1. The molecular formula is C27H21N5O. The lowest BCUT2D eigenvalue weighted by Crippen LogP contribution is -1.96. The number of aromatic nitrogens is 4. The van der Waals surface area contributed by atoms with E-state index in [1.807, 2.05) is 107 Å². The fourth-order valence-electron chi connectivity index (χ4n) is 3.87. The summed E-state index contributed by atoms with van der Waals surface area (Å²) < 4.78 is 9.07. The Balaban J connectivity index is 1.67. The summed E-state index contributed by atoms with van der Waals surface area (Å²) in [6.45, 7) is 0. The van der Waals surface area contributed by atoms with Gasteiger partial charge in [-0.3, -0.25) is 0 Å². The van der Waals surface area contributed by atoms with E-state index in [1.165, 1.54) is 0 Å². The average Bonchev–Trinajstić information content (AvgIpc) is 3.44. The summed E-state index contributed by atoms with van der Waals surface area (Å²) in [5, 5.41) is 14.9. The van der Waals surface area contributed by atoms with Crippen LogP contribution in [0.5, 0.6) is 5.75 Å². The summed E-state index contributed by atoms with van der Waals surface area (Å²) in [6, 6.07) is 27.8. The van der Waals surface area contributed by atoms with Gasteiger partial charge in [-0.25, -0.2) is 9.67 Å². The molecule has 33 heavy (non-hydrogen) atoms. The van der Waals surface area contributed by atoms with Crippen LogP contribution in [0.2, 0.25) is 0 Å². The Bertz CT molecular complexity index is 1500. The van der Waals surface area contributed by atoms with E-state index in [2.05, 4.69) is 6.07 Å². The lowest BCUT2D eigenvalue weighted by Gasteiger charge is -2.03. The second-order valence-electron chi connectivity index (χ2n) is 7.59. The second kappa shape index (κ2) is 8.48. The largest absolute Gasteiger partial charge is 0.497 e. The number of hydrogen-bond acceptors (Lipinski definition) is 4. The van der Waals surface area contributed by atoms with E-state index in [-0.39, 0.29) is 0 Å². The monoisotopic (exact) mass is 431 g/mol. The van der Waals surface area contributed by atoms with Gasteiger partial charge in [0, 0.05) is 24.4 Å². The Morgan fingerprint density at radius 3 is 2.39 bits per heavy atom. The van der Waals surface area contributed by atoms with E-state index >= 15 is 0 Å². The van der Waals surface area contributed by atoms with Gasteiger partial charge in [-0.15, -0.1) is 0 Å². The Labute approximate surface area is 191 Å². The Kier molecular flexibility index (Phi) is 5.21. The van der Waals surface area contributed by atoms with Crippen LogP contribution in [0.25, 0.3) is 39.6 Å². The SMILES string of the molecule is COc1ccc(-c2nn(-c3ccccc3)cc2/C=C(\C#N)c2nc3ccccc3n2C)cc1. The van der Waals surface area contributed by atoms with Crippen LogP contribution in [0.4, 0.5) is 0 Å². The number of rotatable bonds is 5. The molecule has 6 heteroatoms. The van der Waals surface area contributed by atoms with Crippen molar-refractivity contribution in [1.29, 1.82) is 5.26 Å². The first kappa shape index (κ1) is 20.3. The summed E-state index contributed by atoms with van der Waals surface area (Å²) in [4.78, 5) is 4.70. The molecule has 6 nitrogen and oxygen atoms in total. The highest BCUT2D eigenvalue weighted by Crippen LogP contribution is 2.29. The molecule has 0 N–H and O–H groups in total. The van der Waals surface area contributed by atoms with Crippen molar-refractivity contribution in [2.45, 2.75) is 0 Å². The molecule has 5 rings (SSSR count). The number of hydrogen-bond donors (Lipinski definition) is 0. The van der Waals surface area contributed by atoms with Crippen LogP contribution in [0, 0.1) is 11.3 Å². The molecule has 0 bridgehead atoms. The number of benzene rings is 3. The number of imidazole rings is 1. The number of ether oxygens (including phenoxy) is 1. The number of aryl methyl sites for hydroxylation is 1. The molecule has 0 aliphatic carbocycles. The Morgan fingerprint density at radius 1 is 0.970 bits per heavy atom. The first-order chi connectivity index (χ1) is 16.2. The molecule has 2 aromatic heterocycles. The third-order valence-electron chi connectivity index (χ3n) is 5.58. The molecule has 0 aliphatic heterocycles. The number of nitrogens with zero attached hydrogens (tertiary/aromatic N) is 5. The highest BCUT2D eigenvalue weighted by molar-refractivity contribution is 5.93. The highest BCUT2D eigenvalue weighted by atomic mass is 16.5. The van der Waals surface area contributed by atoms with E-state index < -0.39 is 0 Å². The quantitative estimate of drug-likeness (QED) is 0.345. The van der Waals surface area contributed by atoms with E-state index in [1.54, 1.807) is 7.11 Å². The zero-order valence-electron chi connectivity index (χ0n) is 18.3. The number of para-hydroxylation sites is 3. The van der Waals surface area contributed by atoms with Gasteiger partial charge in [0.05, 0.1) is 35.1 Å². The van der Waals surface area contributed by atoms with Crippen molar-refractivity contribution in [3.63, 3.8) is 0 Å². The molecule has 0 spiro atoms. The predicted octanol–water partition coefficient (Wildman–Crippen LogP) is 5.50. The van der Waals surface area contributed by atoms with Gasteiger partial charge in [0.1, 0.15) is 11.8 Å². The molecule has 0 fully saturated rings. The van der Waals surface area contributed by atoms with Crippen molar-refractivity contribution >= 4 is 22.7 Å². The Morgan fingerprint density at radius 2 is 1.70 bits per heavy atom. The van der Waals surface area contributed by atoms with Crippen LogP contribution >= 0.6 is 0 Å². The van der Waals surface area contributed by atoms with Gasteiger partial charge < -0.3 is 9.30 Å². The van der Waals surface area contributed by atoms with Gasteiger partial charge in [0.15, 0.2) is 5.82 Å². The normalized spacial score (nSPS) is 11.5. The van der Waals surface area contributed by atoms with Crippen LogP contribution in [0.15, 0.2) is 85.1 Å². The molecule has 3 aromatic carbocycles. The molecule has 0 aliphatic rings. The van der Waals surface area contributed by atoms with Crippen LogP contribution in [-0.2, 0) is 7.05 Å². The van der Waals surface area contributed by atoms with Crippen molar-refractivity contribution in [3.8, 4) is 28.8 Å². The maximum atomic E-state index is 10.0. The van der Waals surface area contributed by atoms with Crippen LogP contribution in [0.1, 0.15) is 11.4 Å². The summed E-state index contributed by atoms with van der Waals surface area (Å²) in [5.41, 5.74) is 5.76. The first-order valence-electron chi connectivity index (χ1n) is 10.5. The van der Waals surface area contributed by atoms with E-state index in [0.29, 0.717) is 11.4 Å². The van der Waals surface area contributed by atoms with Gasteiger partial charge in [0.25, 0.3) is 0 Å². The molecule has 0 unspecified atom stereocenters. The maximum Gasteiger partial charge on any atom is 0.151 e. The van der Waals surface area contributed by atoms with Gasteiger partial charge in [0.2, 0.25) is 0 Å². The van der Waals surface area contributed by atoms with E-state index in [9.17, 15) is 5.26 Å². The van der Waals surface area contributed by atoms with E-state index in [0.717, 1.165) is 39.3 Å². The summed E-state index contributed by atoms with van der Waals surface area (Å²) >= 11 is 0. The zero-order valence-corrected chi connectivity index (χ0v) is 18.3. The van der Waals surface area contributed by atoms with E-state index in [4.69, 9.17) is 14.8 Å². The minimum absolute atomic E-state index is 0.469. The van der Waals surface area contributed by atoms with Crippen LogP contribution < -0.4 is 4.74 Å². The number of allylic oxidation sites excluding steroid dienone is 1. The lowest BCUT2D eigenvalue weighted by atomic mass is 10.1. The molecule has 0 atom stereocenters. The van der Waals surface area contributed by atoms with Gasteiger partial charge in [-0.05, 0) is 54.6 Å². The third-order valence-corrected chi connectivity index (χ3v) is 5.58. The van der Waals surface area contributed by atoms with Crippen molar-refractivity contribution in [2.24, 2.45) is 7.05 Å². The van der Waals surface area contributed by atoms with Crippen LogP contribution in [-0.4, -0.2) is 26.4 Å². The van der Waals surface area contributed by atoms with Crippen LogP contribution in [0.3, 0.4) is 0 Å². The maximum absolute atomic E-state index is 10.0. The highest BCUT2D eigenvalue weighted by Gasteiger charge is 2.16. The van der Waals surface area contributed by atoms with Crippen molar-refractivity contribution in [1.82, 2.24) is 19.3 Å². The summed E-state index contributed by atoms with van der Waals surface area (Å²) in [7, 11) is 3.57. The molecule has 5 aromatic rings. The van der Waals surface area contributed by atoms with Gasteiger partial charge in [-0.1, -0.05) is 30.3 Å². The smallest absolute Gasteiger partial charge is 0.151 e. The minimum Gasteiger partial charge on any atom is -0.497 e. The fraction of sp³-hybridized carbons (Fsp3) is 0.0741. The van der Waals surface area contributed by atoms with Crippen molar-refractivity contribution in [2.75, 3.05) is 7.11 Å². The standard InChI is InChI=1S/C27H21N5O/c1-31-25-11-7-6-10-24(25)29-27(31)20(17-28)16-21-18-32(22-8-4-3-5-9-22)30-26(21)19-12-14-23(33-2)15-13-19/h3-16,18H,1-2H3/b20-16+. The average molecular weight is 431 g/mol. The minimum atomic E-state index is 0.469. The Hall–Kier alpha value is -4.63. The summed E-state index contributed by atoms with van der Waals surface area (Å²) in [6.07, 6.45) is 3.79. The third kappa shape index (κ3) is 3.77. The first-order valence-corrected chi connectivity index (χ1v) is 10.5. The molecular weight excluding hydrogens is 410 g/mol. The molecule has 2 heterocycles. The lowest BCUT2D eigenvalue weighted by molar-refractivity contribution is 0.415. The molecule has 0 saturated heterocycles.